The molecule has 1 saturated heterocycles. The summed E-state index contributed by atoms with van der Waals surface area (Å²) in [5.74, 6) is 2.80. The topological polar surface area (TPSA) is 33.1 Å². The van der Waals surface area contributed by atoms with Crippen LogP contribution >= 0.6 is 0 Å². The van der Waals surface area contributed by atoms with Crippen molar-refractivity contribution in [3.8, 4) is 0 Å². The maximum absolute atomic E-state index is 4.94. The predicted molar refractivity (Wildman–Crippen MR) is 81.8 cm³/mol. The molecular weight excluding hydrogens is 248 g/mol. The summed E-state index contributed by atoms with van der Waals surface area (Å²) in [6.07, 6.45) is 3.58. The Balaban J connectivity index is 1.84. The minimum atomic E-state index is 0.678. The lowest BCUT2D eigenvalue weighted by molar-refractivity contribution is 0.371. The first-order valence-electron chi connectivity index (χ1n) is 8.10. The Morgan fingerprint density at radius 2 is 2.25 bits per heavy atom. The van der Waals surface area contributed by atoms with Crippen LogP contribution in [0.25, 0.3) is 0 Å². The lowest BCUT2D eigenvalue weighted by atomic mass is 10.1. The number of rotatable bonds is 4. The first kappa shape index (κ1) is 14.1. The summed E-state index contributed by atoms with van der Waals surface area (Å²) in [6.45, 7) is 10.3. The molecule has 0 aliphatic carbocycles. The standard InChI is InChI=1S/C16H28N4/c1-12(2)8-16-18-14-9-17-6-4-15(14)20(16)11-13-5-7-19(3)10-13/h12-13,17H,4-11H2,1-3H3. The molecule has 1 atom stereocenters. The van der Waals surface area contributed by atoms with E-state index in [4.69, 9.17) is 4.98 Å². The number of hydrogen-bond donors (Lipinski definition) is 1. The Kier molecular flexibility index (Phi) is 4.13. The first-order valence-corrected chi connectivity index (χ1v) is 8.10. The molecule has 4 heteroatoms. The molecule has 0 spiro atoms. The summed E-state index contributed by atoms with van der Waals surface area (Å²) in [5.41, 5.74) is 2.81. The van der Waals surface area contributed by atoms with Gasteiger partial charge in [-0.3, -0.25) is 0 Å². The van der Waals surface area contributed by atoms with Crippen LogP contribution < -0.4 is 5.32 Å². The van der Waals surface area contributed by atoms with Gasteiger partial charge in [0.1, 0.15) is 5.82 Å². The van der Waals surface area contributed by atoms with Crippen LogP contribution in [0.3, 0.4) is 0 Å². The van der Waals surface area contributed by atoms with Crippen molar-refractivity contribution in [1.82, 2.24) is 19.8 Å². The van der Waals surface area contributed by atoms with Crippen molar-refractivity contribution in [1.29, 1.82) is 0 Å². The smallest absolute Gasteiger partial charge is 0.109 e. The number of aromatic nitrogens is 2. The fourth-order valence-electron chi connectivity index (χ4n) is 3.60. The molecule has 1 aromatic heterocycles. The molecule has 1 fully saturated rings. The molecule has 0 bridgehead atoms. The summed E-state index contributed by atoms with van der Waals surface area (Å²) >= 11 is 0. The van der Waals surface area contributed by atoms with E-state index < -0.39 is 0 Å². The van der Waals surface area contributed by atoms with Gasteiger partial charge in [-0.2, -0.15) is 0 Å². The first-order chi connectivity index (χ1) is 9.63. The summed E-state index contributed by atoms with van der Waals surface area (Å²) in [4.78, 5) is 7.39. The molecule has 20 heavy (non-hydrogen) atoms. The van der Waals surface area contributed by atoms with Gasteiger partial charge in [0, 0.05) is 44.7 Å². The normalized spacial score (nSPS) is 23.5. The number of imidazole rings is 1. The fraction of sp³-hybridized carbons (Fsp3) is 0.812. The van der Waals surface area contributed by atoms with E-state index in [0.29, 0.717) is 5.92 Å². The predicted octanol–water partition coefficient (Wildman–Crippen LogP) is 1.68. The van der Waals surface area contributed by atoms with Crippen molar-refractivity contribution in [2.75, 3.05) is 26.7 Å². The molecule has 0 saturated carbocycles. The maximum atomic E-state index is 4.94. The van der Waals surface area contributed by atoms with Crippen LogP contribution in [0, 0.1) is 11.8 Å². The van der Waals surface area contributed by atoms with Gasteiger partial charge >= 0.3 is 0 Å². The highest BCUT2D eigenvalue weighted by Crippen LogP contribution is 2.23. The molecule has 1 unspecified atom stereocenters. The van der Waals surface area contributed by atoms with Gasteiger partial charge in [-0.1, -0.05) is 13.8 Å². The Morgan fingerprint density at radius 3 is 2.95 bits per heavy atom. The molecule has 3 heterocycles. The molecule has 2 aliphatic rings. The monoisotopic (exact) mass is 276 g/mol. The van der Waals surface area contributed by atoms with Crippen molar-refractivity contribution < 1.29 is 0 Å². The molecule has 2 aliphatic heterocycles. The summed E-state index contributed by atoms with van der Waals surface area (Å²) in [7, 11) is 2.24. The molecule has 0 aromatic carbocycles. The average Bonchev–Trinajstić information content (AvgIpc) is 2.95. The van der Waals surface area contributed by atoms with Crippen LogP contribution in [0.4, 0.5) is 0 Å². The van der Waals surface area contributed by atoms with Crippen LogP contribution in [0.15, 0.2) is 0 Å². The number of hydrogen-bond acceptors (Lipinski definition) is 3. The second kappa shape index (κ2) is 5.86. The number of nitrogens with zero attached hydrogens (tertiary/aromatic N) is 3. The van der Waals surface area contributed by atoms with Crippen LogP contribution in [-0.4, -0.2) is 41.1 Å². The lowest BCUT2D eigenvalue weighted by Crippen LogP contribution is -2.26. The van der Waals surface area contributed by atoms with Gasteiger partial charge in [-0.25, -0.2) is 4.98 Å². The highest BCUT2D eigenvalue weighted by Gasteiger charge is 2.25. The lowest BCUT2D eigenvalue weighted by Gasteiger charge is -2.19. The van der Waals surface area contributed by atoms with Crippen LogP contribution in [0.2, 0.25) is 0 Å². The van der Waals surface area contributed by atoms with E-state index in [0.717, 1.165) is 31.8 Å². The number of nitrogens with one attached hydrogen (secondary N) is 1. The molecule has 1 N–H and O–H groups in total. The molecule has 4 nitrogen and oxygen atoms in total. The fourth-order valence-corrected chi connectivity index (χ4v) is 3.60. The average molecular weight is 276 g/mol. The van der Waals surface area contributed by atoms with Crippen molar-refractivity contribution >= 4 is 0 Å². The van der Waals surface area contributed by atoms with Gasteiger partial charge in [0.15, 0.2) is 0 Å². The van der Waals surface area contributed by atoms with Gasteiger partial charge < -0.3 is 14.8 Å². The third kappa shape index (κ3) is 2.91. The van der Waals surface area contributed by atoms with Crippen molar-refractivity contribution in [2.24, 2.45) is 11.8 Å². The van der Waals surface area contributed by atoms with E-state index in [2.05, 4.69) is 35.7 Å². The van der Waals surface area contributed by atoms with Crippen molar-refractivity contribution in [3.05, 3.63) is 17.2 Å². The third-order valence-electron chi connectivity index (χ3n) is 4.59. The van der Waals surface area contributed by atoms with E-state index in [1.807, 2.05) is 0 Å². The Morgan fingerprint density at radius 1 is 1.40 bits per heavy atom. The van der Waals surface area contributed by atoms with E-state index in [9.17, 15) is 0 Å². The zero-order chi connectivity index (χ0) is 14.1. The molecule has 0 radical (unpaired) electrons. The van der Waals surface area contributed by atoms with Crippen LogP contribution in [0.5, 0.6) is 0 Å². The highest BCUT2D eigenvalue weighted by molar-refractivity contribution is 5.21. The van der Waals surface area contributed by atoms with E-state index in [1.54, 1.807) is 0 Å². The van der Waals surface area contributed by atoms with Crippen molar-refractivity contribution in [3.63, 3.8) is 0 Å². The summed E-state index contributed by atoms with van der Waals surface area (Å²) in [6, 6.07) is 0. The SMILES string of the molecule is CC(C)Cc1nc2c(n1CC1CCN(C)C1)CCNC2. The van der Waals surface area contributed by atoms with Crippen LogP contribution in [-0.2, 0) is 25.9 Å². The summed E-state index contributed by atoms with van der Waals surface area (Å²) in [5, 5.41) is 3.45. The maximum Gasteiger partial charge on any atom is 0.109 e. The van der Waals surface area contributed by atoms with E-state index in [1.165, 1.54) is 43.3 Å². The van der Waals surface area contributed by atoms with Crippen LogP contribution in [0.1, 0.15) is 37.5 Å². The van der Waals surface area contributed by atoms with Gasteiger partial charge in [-0.05, 0) is 31.8 Å². The van der Waals surface area contributed by atoms with Gasteiger partial charge in [0.2, 0.25) is 0 Å². The highest BCUT2D eigenvalue weighted by atomic mass is 15.2. The van der Waals surface area contributed by atoms with E-state index in [-0.39, 0.29) is 0 Å². The molecule has 1 aromatic rings. The third-order valence-corrected chi connectivity index (χ3v) is 4.59. The Bertz CT molecular complexity index is 463. The van der Waals surface area contributed by atoms with Gasteiger partial charge in [0.05, 0.1) is 5.69 Å². The van der Waals surface area contributed by atoms with Gasteiger partial charge in [0.25, 0.3) is 0 Å². The minimum Gasteiger partial charge on any atom is -0.331 e. The molecule has 3 rings (SSSR count). The number of likely N-dealkylation sites (tertiary alicyclic amines) is 1. The zero-order valence-corrected chi connectivity index (χ0v) is 13.2. The Hall–Kier alpha value is -0.870. The molecule has 0 amide bonds. The largest absolute Gasteiger partial charge is 0.331 e. The molecule has 112 valence electrons. The minimum absolute atomic E-state index is 0.678. The molecular formula is C16H28N4. The Labute approximate surface area is 122 Å². The second-order valence-corrected chi connectivity index (χ2v) is 6.97. The quantitative estimate of drug-likeness (QED) is 0.908. The van der Waals surface area contributed by atoms with Crippen molar-refractivity contribution in [2.45, 2.75) is 46.2 Å². The summed E-state index contributed by atoms with van der Waals surface area (Å²) < 4.78 is 2.57. The number of fused-ring (bicyclic) bond motifs is 1. The van der Waals surface area contributed by atoms with Gasteiger partial charge in [-0.15, -0.1) is 0 Å². The second-order valence-electron chi connectivity index (χ2n) is 6.97. The zero-order valence-electron chi connectivity index (χ0n) is 13.2. The van der Waals surface area contributed by atoms with E-state index >= 15 is 0 Å².